The Balaban J connectivity index is 2.38. The molecule has 0 fully saturated rings. The lowest BCUT2D eigenvalue weighted by molar-refractivity contribution is -0.130. The maximum Gasteiger partial charge on any atom is 0.235 e. The van der Waals surface area contributed by atoms with E-state index in [-0.39, 0.29) is 23.2 Å². The summed E-state index contributed by atoms with van der Waals surface area (Å²) in [6.45, 7) is 13.3. The molecule has 5 heteroatoms. The first-order valence-electron chi connectivity index (χ1n) is 7.60. The Morgan fingerprint density at radius 2 is 1.73 bits per heavy atom. The van der Waals surface area contributed by atoms with E-state index >= 15 is 0 Å². The van der Waals surface area contributed by atoms with Gasteiger partial charge in [-0.1, -0.05) is 12.1 Å². The van der Waals surface area contributed by atoms with Gasteiger partial charge in [0.25, 0.3) is 0 Å². The van der Waals surface area contributed by atoms with Crippen LogP contribution in [0.25, 0.3) is 0 Å². The fourth-order valence-corrected chi connectivity index (χ4v) is 2.33. The number of para-hydroxylation sites is 2. The molecular weight excluding hydrogens is 278 g/mol. The zero-order chi connectivity index (χ0) is 16.5. The van der Waals surface area contributed by atoms with Crippen molar-refractivity contribution >= 4 is 6.34 Å². The highest BCUT2D eigenvalue weighted by molar-refractivity contribution is 5.57. The van der Waals surface area contributed by atoms with E-state index in [1.165, 1.54) is 0 Å². The molecule has 0 aromatic heterocycles. The number of ether oxygens (including phenoxy) is 1. The van der Waals surface area contributed by atoms with Gasteiger partial charge in [-0.25, -0.2) is 4.90 Å². The van der Waals surface area contributed by atoms with E-state index in [0.29, 0.717) is 12.4 Å². The molecule has 1 aromatic carbocycles. The lowest BCUT2D eigenvalue weighted by Crippen LogP contribution is -2.64. The molecule has 22 heavy (non-hydrogen) atoms. The number of benzene rings is 1. The van der Waals surface area contributed by atoms with E-state index in [0.717, 1.165) is 0 Å². The van der Waals surface area contributed by atoms with Crippen LogP contribution in [0.3, 0.4) is 0 Å². The first kappa shape index (κ1) is 16.6. The molecule has 1 heterocycles. The molecule has 0 bridgehead atoms. The Bertz CT molecular complexity index is 544. The van der Waals surface area contributed by atoms with E-state index in [1.807, 2.05) is 12.4 Å². The summed E-state index contributed by atoms with van der Waals surface area (Å²) in [5, 5.41) is 10.0. The Kier molecular flexibility index (Phi) is 4.38. The normalized spacial score (nSPS) is 20.3. The number of aliphatic imine (C=N–C) groups is 1. The van der Waals surface area contributed by atoms with Crippen molar-refractivity contribution in [3.63, 3.8) is 0 Å². The van der Waals surface area contributed by atoms with Crippen LogP contribution in [0.2, 0.25) is 0 Å². The minimum absolute atomic E-state index is 0.115. The molecule has 1 unspecified atom stereocenters. The van der Waals surface area contributed by atoms with Crippen LogP contribution in [0.4, 0.5) is 0 Å². The van der Waals surface area contributed by atoms with Crippen molar-refractivity contribution in [3.05, 3.63) is 24.3 Å². The van der Waals surface area contributed by atoms with Crippen LogP contribution in [0.1, 0.15) is 41.5 Å². The third-order valence-electron chi connectivity index (χ3n) is 3.68. The average molecular weight is 305 g/mol. The molecule has 0 radical (unpaired) electrons. The van der Waals surface area contributed by atoms with Gasteiger partial charge in [-0.2, -0.15) is 0 Å². The standard InChI is InChI=1S/C17H27N3O2/c1-16(2,3)19-11-18-12-20(17(4,5)6)15(19)22-14-10-8-7-9-13(14)21/h7-11,15,21H,12H2,1-6H3. The second kappa shape index (κ2) is 5.80. The summed E-state index contributed by atoms with van der Waals surface area (Å²) in [5.74, 6) is 0.624. The lowest BCUT2D eigenvalue weighted by atomic mass is 10.0. The predicted octanol–water partition coefficient (Wildman–Crippen LogP) is 3.26. The quantitative estimate of drug-likeness (QED) is 0.911. The summed E-state index contributed by atoms with van der Waals surface area (Å²) in [4.78, 5) is 8.72. The van der Waals surface area contributed by atoms with Gasteiger partial charge < -0.3 is 14.7 Å². The summed E-state index contributed by atoms with van der Waals surface area (Å²) in [6.07, 6.45) is 1.51. The maximum absolute atomic E-state index is 10.0. The zero-order valence-corrected chi connectivity index (χ0v) is 14.4. The maximum atomic E-state index is 10.0. The molecule has 122 valence electrons. The van der Waals surface area contributed by atoms with E-state index in [1.54, 1.807) is 18.2 Å². The van der Waals surface area contributed by atoms with Crippen LogP contribution >= 0.6 is 0 Å². The topological polar surface area (TPSA) is 48.3 Å². The van der Waals surface area contributed by atoms with Gasteiger partial charge in [0, 0.05) is 11.1 Å². The number of hydrogen-bond acceptors (Lipinski definition) is 5. The summed E-state index contributed by atoms with van der Waals surface area (Å²) >= 11 is 0. The van der Waals surface area contributed by atoms with Crippen molar-refractivity contribution in [3.8, 4) is 11.5 Å². The van der Waals surface area contributed by atoms with E-state index in [2.05, 4.69) is 56.3 Å². The minimum Gasteiger partial charge on any atom is -0.504 e. The number of rotatable bonds is 2. The lowest BCUT2D eigenvalue weighted by Gasteiger charge is -2.50. The molecule has 1 aromatic rings. The number of phenols is 1. The van der Waals surface area contributed by atoms with E-state index in [4.69, 9.17) is 4.74 Å². The zero-order valence-electron chi connectivity index (χ0n) is 14.4. The Morgan fingerprint density at radius 3 is 2.27 bits per heavy atom. The highest BCUT2D eigenvalue weighted by Gasteiger charge is 2.40. The summed E-state index contributed by atoms with van der Waals surface area (Å²) in [5.41, 5.74) is -0.265. The van der Waals surface area contributed by atoms with Crippen molar-refractivity contribution in [2.45, 2.75) is 59.0 Å². The molecule has 0 aliphatic carbocycles. The van der Waals surface area contributed by atoms with Gasteiger partial charge in [0.1, 0.15) is 0 Å². The van der Waals surface area contributed by atoms with Crippen LogP contribution in [0.15, 0.2) is 29.3 Å². The molecule has 0 amide bonds. The second-order valence-corrected chi connectivity index (χ2v) is 7.57. The van der Waals surface area contributed by atoms with Crippen LogP contribution in [0.5, 0.6) is 11.5 Å². The van der Waals surface area contributed by atoms with E-state index < -0.39 is 0 Å². The van der Waals surface area contributed by atoms with Crippen molar-refractivity contribution in [1.29, 1.82) is 0 Å². The number of nitrogens with zero attached hydrogens (tertiary/aromatic N) is 3. The molecular formula is C17H27N3O2. The number of aromatic hydroxyl groups is 1. The van der Waals surface area contributed by atoms with Gasteiger partial charge >= 0.3 is 0 Å². The SMILES string of the molecule is CC(C)(C)N1C=NCN(C(C)(C)C)C1Oc1ccccc1O. The van der Waals surface area contributed by atoms with Gasteiger partial charge in [-0.3, -0.25) is 4.99 Å². The Morgan fingerprint density at radius 1 is 1.09 bits per heavy atom. The largest absolute Gasteiger partial charge is 0.504 e. The average Bonchev–Trinajstić information content (AvgIpc) is 2.39. The molecule has 1 aliphatic heterocycles. The Hall–Kier alpha value is -1.75. The van der Waals surface area contributed by atoms with Crippen LogP contribution in [0, 0.1) is 0 Å². The molecule has 0 spiro atoms. The highest BCUT2D eigenvalue weighted by atomic mass is 16.5. The molecule has 1 N–H and O–H groups in total. The van der Waals surface area contributed by atoms with Crippen molar-refractivity contribution in [2.75, 3.05) is 6.67 Å². The first-order chi connectivity index (χ1) is 10.1. The van der Waals surface area contributed by atoms with Crippen molar-refractivity contribution < 1.29 is 9.84 Å². The van der Waals surface area contributed by atoms with Crippen molar-refractivity contribution in [2.24, 2.45) is 4.99 Å². The molecule has 2 rings (SSSR count). The number of hydrogen-bond donors (Lipinski definition) is 1. The first-order valence-corrected chi connectivity index (χ1v) is 7.60. The van der Waals surface area contributed by atoms with Crippen LogP contribution in [-0.4, -0.2) is 45.3 Å². The number of phenolic OH excluding ortho intramolecular Hbond substituents is 1. The third-order valence-corrected chi connectivity index (χ3v) is 3.68. The smallest absolute Gasteiger partial charge is 0.235 e. The van der Waals surface area contributed by atoms with Crippen molar-refractivity contribution in [1.82, 2.24) is 9.80 Å². The predicted molar refractivity (Wildman–Crippen MR) is 89.1 cm³/mol. The highest BCUT2D eigenvalue weighted by Crippen LogP contribution is 2.32. The minimum atomic E-state index is -0.328. The molecule has 0 saturated heterocycles. The summed E-state index contributed by atoms with van der Waals surface area (Å²) in [6, 6.07) is 7.06. The molecule has 1 aliphatic rings. The second-order valence-electron chi connectivity index (χ2n) is 7.57. The molecule has 5 nitrogen and oxygen atoms in total. The van der Waals surface area contributed by atoms with E-state index in [9.17, 15) is 5.11 Å². The van der Waals surface area contributed by atoms with Gasteiger partial charge in [-0.05, 0) is 53.7 Å². The third kappa shape index (κ3) is 3.53. The Labute approximate surface area is 133 Å². The molecule has 1 atom stereocenters. The fraction of sp³-hybridized carbons (Fsp3) is 0.588. The molecule has 0 saturated carbocycles. The fourth-order valence-electron chi connectivity index (χ4n) is 2.33. The van der Waals surface area contributed by atoms with Crippen LogP contribution < -0.4 is 4.74 Å². The monoisotopic (exact) mass is 305 g/mol. The van der Waals surface area contributed by atoms with Crippen LogP contribution in [-0.2, 0) is 0 Å². The van der Waals surface area contributed by atoms with Gasteiger partial charge in [-0.15, -0.1) is 0 Å². The van der Waals surface area contributed by atoms with Gasteiger partial charge in [0.05, 0.1) is 13.0 Å². The summed E-state index contributed by atoms with van der Waals surface area (Å²) in [7, 11) is 0. The summed E-state index contributed by atoms with van der Waals surface area (Å²) < 4.78 is 6.17. The van der Waals surface area contributed by atoms with Gasteiger partial charge in [0.2, 0.25) is 6.35 Å². The van der Waals surface area contributed by atoms with Gasteiger partial charge in [0.15, 0.2) is 11.5 Å².